The summed E-state index contributed by atoms with van der Waals surface area (Å²) in [6, 6.07) is -3.94. The minimum atomic E-state index is -1.26. The number of nitrogens with zero attached hydrogens (tertiary/aromatic N) is 2. The summed E-state index contributed by atoms with van der Waals surface area (Å²) in [5.41, 5.74) is 11.0. The number of hydrogen-bond donors (Lipinski definition) is 5. The van der Waals surface area contributed by atoms with Gasteiger partial charge in [0.2, 0.25) is 23.6 Å². The molecule has 0 bridgehead atoms. The van der Waals surface area contributed by atoms with Gasteiger partial charge in [-0.2, -0.15) is 0 Å². The lowest BCUT2D eigenvalue weighted by Gasteiger charge is -2.33. The van der Waals surface area contributed by atoms with Crippen molar-refractivity contribution in [2.75, 3.05) is 13.1 Å². The average Bonchev–Trinajstić information content (AvgIpc) is 3.32. The molecule has 2 aliphatic heterocycles. The standard InChI is InChI=1S/C18H31N5O6/c1-9(24)13(19)18(29)23-8-4-6-12(23)17(28)22-7-3-5-11(22)16(27)21-14(10(2)25)15(20)26/h9-14,24-25H,3-8,19H2,1-2H3,(H2,20,26)(H,21,27)/t9-,10-,11+,12+,13+,14-/m1/s1. The molecular weight excluding hydrogens is 382 g/mol. The van der Waals surface area contributed by atoms with Crippen molar-refractivity contribution in [3.63, 3.8) is 0 Å². The highest BCUT2D eigenvalue weighted by Gasteiger charge is 2.43. The van der Waals surface area contributed by atoms with Crippen LogP contribution in [0.4, 0.5) is 0 Å². The van der Waals surface area contributed by atoms with Gasteiger partial charge in [-0.25, -0.2) is 0 Å². The molecule has 0 aromatic rings. The number of hydrogen-bond acceptors (Lipinski definition) is 7. The minimum Gasteiger partial charge on any atom is -0.391 e. The molecular formula is C18H31N5O6. The van der Waals surface area contributed by atoms with Crippen molar-refractivity contribution in [2.45, 2.75) is 75.9 Å². The van der Waals surface area contributed by atoms with Gasteiger partial charge >= 0.3 is 0 Å². The van der Waals surface area contributed by atoms with Crippen molar-refractivity contribution in [2.24, 2.45) is 11.5 Å². The molecule has 7 N–H and O–H groups in total. The molecule has 11 heteroatoms. The van der Waals surface area contributed by atoms with Crippen LogP contribution in [0.2, 0.25) is 0 Å². The van der Waals surface area contributed by atoms with E-state index in [4.69, 9.17) is 11.5 Å². The smallest absolute Gasteiger partial charge is 0.246 e. The molecule has 0 unspecified atom stereocenters. The number of primary amides is 1. The normalized spacial score (nSPS) is 26.0. The Balaban J connectivity index is 2.11. The van der Waals surface area contributed by atoms with E-state index in [1.54, 1.807) is 0 Å². The van der Waals surface area contributed by atoms with E-state index in [1.807, 2.05) is 0 Å². The van der Waals surface area contributed by atoms with Crippen LogP contribution in [-0.4, -0.2) is 93.1 Å². The van der Waals surface area contributed by atoms with Crippen LogP contribution in [-0.2, 0) is 19.2 Å². The average molecular weight is 413 g/mol. The van der Waals surface area contributed by atoms with Crippen LogP contribution in [0, 0.1) is 0 Å². The van der Waals surface area contributed by atoms with Crippen LogP contribution in [0.1, 0.15) is 39.5 Å². The second-order valence-corrected chi connectivity index (χ2v) is 7.77. The zero-order chi connectivity index (χ0) is 21.9. The van der Waals surface area contributed by atoms with Crippen LogP contribution in [0.25, 0.3) is 0 Å². The van der Waals surface area contributed by atoms with E-state index in [9.17, 15) is 29.4 Å². The zero-order valence-electron chi connectivity index (χ0n) is 16.8. The summed E-state index contributed by atoms with van der Waals surface area (Å²) in [4.78, 5) is 52.5. The quantitative estimate of drug-likeness (QED) is 0.295. The van der Waals surface area contributed by atoms with Gasteiger partial charge in [0.1, 0.15) is 24.2 Å². The summed E-state index contributed by atoms with van der Waals surface area (Å²) in [7, 11) is 0. The molecule has 0 aromatic carbocycles. The maximum Gasteiger partial charge on any atom is 0.246 e. The number of nitrogens with one attached hydrogen (secondary N) is 1. The first-order chi connectivity index (χ1) is 13.6. The molecule has 0 spiro atoms. The Bertz CT molecular complexity index is 655. The van der Waals surface area contributed by atoms with E-state index in [1.165, 1.54) is 23.6 Å². The predicted molar refractivity (Wildman–Crippen MR) is 102 cm³/mol. The Morgan fingerprint density at radius 3 is 2.03 bits per heavy atom. The topological polar surface area (TPSA) is 179 Å². The van der Waals surface area contributed by atoms with Crippen molar-refractivity contribution >= 4 is 23.6 Å². The summed E-state index contributed by atoms with van der Waals surface area (Å²) in [6.45, 7) is 3.44. The highest BCUT2D eigenvalue weighted by molar-refractivity contribution is 5.95. The number of carbonyl (C=O) groups is 4. The van der Waals surface area contributed by atoms with E-state index >= 15 is 0 Å². The second kappa shape index (κ2) is 9.51. The third-order valence-corrected chi connectivity index (χ3v) is 5.55. The molecule has 11 nitrogen and oxygen atoms in total. The minimum absolute atomic E-state index is 0.341. The molecule has 0 saturated carbocycles. The Hall–Kier alpha value is -2.24. The molecule has 2 heterocycles. The van der Waals surface area contributed by atoms with Gasteiger partial charge in [-0.05, 0) is 39.5 Å². The van der Waals surface area contributed by atoms with Crippen molar-refractivity contribution < 1.29 is 29.4 Å². The molecule has 0 radical (unpaired) electrons. The number of carbonyl (C=O) groups excluding carboxylic acids is 4. The molecule has 164 valence electrons. The lowest BCUT2D eigenvalue weighted by molar-refractivity contribution is -0.148. The summed E-state index contributed by atoms with van der Waals surface area (Å²) < 4.78 is 0. The Morgan fingerprint density at radius 2 is 1.52 bits per heavy atom. The van der Waals surface area contributed by atoms with Crippen LogP contribution in [0.3, 0.4) is 0 Å². The first-order valence-electron chi connectivity index (χ1n) is 9.88. The fraction of sp³-hybridized carbons (Fsp3) is 0.778. The maximum absolute atomic E-state index is 13.1. The van der Waals surface area contributed by atoms with Crippen LogP contribution in [0.15, 0.2) is 0 Å². The Kier molecular flexibility index (Phi) is 7.55. The lowest BCUT2D eigenvalue weighted by Crippen LogP contribution is -2.58. The van der Waals surface area contributed by atoms with E-state index in [-0.39, 0.29) is 5.91 Å². The molecule has 2 saturated heterocycles. The van der Waals surface area contributed by atoms with Gasteiger partial charge < -0.3 is 36.8 Å². The predicted octanol–water partition coefficient (Wildman–Crippen LogP) is -2.97. The second-order valence-electron chi connectivity index (χ2n) is 7.77. The number of aliphatic hydroxyl groups excluding tert-OH is 2. The van der Waals surface area contributed by atoms with Gasteiger partial charge in [-0.1, -0.05) is 0 Å². The highest BCUT2D eigenvalue weighted by atomic mass is 16.3. The van der Waals surface area contributed by atoms with E-state index in [0.29, 0.717) is 38.8 Å². The van der Waals surface area contributed by atoms with E-state index in [0.717, 1.165) is 0 Å². The first-order valence-corrected chi connectivity index (χ1v) is 9.88. The van der Waals surface area contributed by atoms with Gasteiger partial charge in [-0.15, -0.1) is 0 Å². The molecule has 2 rings (SSSR count). The number of likely N-dealkylation sites (tertiary alicyclic amines) is 2. The number of amides is 4. The van der Waals surface area contributed by atoms with Crippen LogP contribution in [0.5, 0.6) is 0 Å². The third-order valence-electron chi connectivity index (χ3n) is 5.55. The van der Waals surface area contributed by atoms with Gasteiger partial charge in [0, 0.05) is 13.1 Å². The van der Waals surface area contributed by atoms with Gasteiger partial charge in [0.25, 0.3) is 0 Å². The Morgan fingerprint density at radius 1 is 0.966 bits per heavy atom. The molecule has 2 fully saturated rings. The number of nitrogens with two attached hydrogens (primary N) is 2. The molecule has 29 heavy (non-hydrogen) atoms. The molecule has 2 aliphatic rings. The largest absolute Gasteiger partial charge is 0.391 e. The summed E-state index contributed by atoms with van der Waals surface area (Å²) in [5.74, 6) is -2.31. The van der Waals surface area contributed by atoms with Crippen molar-refractivity contribution in [1.82, 2.24) is 15.1 Å². The van der Waals surface area contributed by atoms with Crippen molar-refractivity contribution in [3.8, 4) is 0 Å². The molecule has 4 amide bonds. The molecule has 6 atom stereocenters. The monoisotopic (exact) mass is 413 g/mol. The fourth-order valence-electron chi connectivity index (χ4n) is 3.86. The summed E-state index contributed by atoms with van der Waals surface area (Å²) >= 11 is 0. The van der Waals surface area contributed by atoms with Gasteiger partial charge in [0.05, 0.1) is 12.2 Å². The fourth-order valence-corrected chi connectivity index (χ4v) is 3.86. The van der Waals surface area contributed by atoms with Crippen molar-refractivity contribution in [1.29, 1.82) is 0 Å². The molecule has 0 aromatic heterocycles. The van der Waals surface area contributed by atoms with Crippen LogP contribution >= 0.6 is 0 Å². The lowest BCUT2D eigenvalue weighted by atomic mass is 10.1. The van der Waals surface area contributed by atoms with Crippen molar-refractivity contribution in [3.05, 3.63) is 0 Å². The van der Waals surface area contributed by atoms with E-state index < -0.39 is 54.1 Å². The zero-order valence-corrected chi connectivity index (χ0v) is 16.8. The van der Waals surface area contributed by atoms with Gasteiger partial charge in [-0.3, -0.25) is 19.2 Å². The third kappa shape index (κ3) is 5.03. The van der Waals surface area contributed by atoms with E-state index in [2.05, 4.69) is 5.32 Å². The first kappa shape index (κ1) is 23.0. The number of rotatable bonds is 7. The van der Waals surface area contributed by atoms with Crippen LogP contribution < -0.4 is 16.8 Å². The summed E-state index contributed by atoms with van der Waals surface area (Å²) in [6.07, 6.45) is -0.170. The highest BCUT2D eigenvalue weighted by Crippen LogP contribution is 2.25. The maximum atomic E-state index is 13.1. The SMILES string of the molecule is C[C@@H](O)[C@H](N)C(=O)N1CCC[C@H]1C(=O)N1CCC[C@H]1C(=O)N[C@@H](C(N)=O)[C@@H](C)O. The van der Waals surface area contributed by atoms with Gasteiger partial charge in [0.15, 0.2) is 0 Å². The number of aliphatic hydroxyl groups is 2. The molecule has 0 aliphatic carbocycles. The Labute approximate surface area is 169 Å². The summed E-state index contributed by atoms with van der Waals surface area (Å²) in [5, 5.41) is 21.6.